The van der Waals surface area contributed by atoms with Crippen molar-refractivity contribution in [3.05, 3.63) is 105 Å². The third-order valence-corrected chi connectivity index (χ3v) is 6.41. The number of rotatable bonds is 5. The standard InChI is InChI=1S/C27H22ClFN4O2/c1-16-7-10-23-20(11-16)25-26(27(35)32(15-30-25)13-18-5-3-4-6-21(18)28)33(23)14-24(34)31-19-9-8-17(2)22(29)12-19/h3-12,15H,13-14H2,1-2H3,(H,31,34). The first-order valence-electron chi connectivity index (χ1n) is 11.1. The van der Waals surface area contributed by atoms with Gasteiger partial charge in [0.05, 0.1) is 18.4 Å². The van der Waals surface area contributed by atoms with E-state index < -0.39 is 5.82 Å². The summed E-state index contributed by atoms with van der Waals surface area (Å²) < 4.78 is 17.1. The molecule has 5 rings (SSSR count). The highest BCUT2D eigenvalue weighted by Crippen LogP contribution is 2.27. The van der Waals surface area contributed by atoms with Gasteiger partial charge in [-0.3, -0.25) is 14.2 Å². The van der Waals surface area contributed by atoms with Crippen LogP contribution >= 0.6 is 11.6 Å². The second-order valence-corrected chi connectivity index (χ2v) is 8.99. The van der Waals surface area contributed by atoms with Crippen LogP contribution in [0.4, 0.5) is 10.1 Å². The number of carbonyl (C=O) groups is 1. The number of carbonyl (C=O) groups excluding carboxylic acids is 1. The molecule has 176 valence electrons. The molecule has 0 saturated heterocycles. The molecule has 0 saturated carbocycles. The minimum absolute atomic E-state index is 0.133. The number of fused-ring (bicyclic) bond motifs is 3. The maximum atomic E-state index is 13.9. The number of hydrogen-bond donors (Lipinski definition) is 1. The van der Waals surface area contributed by atoms with Gasteiger partial charge < -0.3 is 9.88 Å². The fraction of sp³-hybridized carbons (Fsp3) is 0.148. The lowest BCUT2D eigenvalue weighted by molar-refractivity contribution is -0.116. The number of hydrogen-bond acceptors (Lipinski definition) is 3. The van der Waals surface area contributed by atoms with Gasteiger partial charge in [0, 0.05) is 16.1 Å². The minimum Gasteiger partial charge on any atom is -0.325 e. The Morgan fingerprint density at radius 2 is 1.89 bits per heavy atom. The molecule has 1 N–H and O–H groups in total. The van der Waals surface area contributed by atoms with Crippen molar-refractivity contribution in [3.63, 3.8) is 0 Å². The summed E-state index contributed by atoms with van der Waals surface area (Å²) in [5.41, 5.74) is 3.93. The number of anilines is 1. The Bertz CT molecular complexity index is 1670. The van der Waals surface area contributed by atoms with E-state index in [2.05, 4.69) is 10.3 Å². The number of halogens is 2. The molecule has 0 unspecified atom stereocenters. The van der Waals surface area contributed by atoms with Gasteiger partial charge in [-0.05, 0) is 55.3 Å². The van der Waals surface area contributed by atoms with Crippen LogP contribution in [0.2, 0.25) is 5.02 Å². The molecule has 0 aliphatic heterocycles. The van der Waals surface area contributed by atoms with Crippen molar-refractivity contribution >= 4 is 45.1 Å². The summed E-state index contributed by atoms with van der Waals surface area (Å²) in [4.78, 5) is 31.2. The molecule has 0 aliphatic carbocycles. The first-order chi connectivity index (χ1) is 16.8. The molecule has 5 aromatic rings. The lowest BCUT2D eigenvalue weighted by Gasteiger charge is -2.11. The topological polar surface area (TPSA) is 68.9 Å². The molecular weight excluding hydrogens is 467 g/mol. The van der Waals surface area contributed by atoms with Gasteiger partial charge in [-0.15, -0.1) is 0 Å². The summed E-state index contributed by atoms with van der Waals surface area (Å²) in [5.74, 6) is -0.782. The maximum absolute atomic E-state index is 13.9. The van der Waals surface area contributed by atoms with Crippen molar-refractivity contribution < 1.29 is 9.18 Å². The third-order valence-electron chi connectivity index (χ3n) is 6.04. The quantitative estimate of drug-likeness (QED) is 0.358. The van der Waals surface area contributed by atoms with Gasteiger partial charge in [0.15, 0.2) is 0 Å². The van der Waals surface area contributed by atoms with Crippen molar-refractivity contribution in [3.8, 4) is 0 Å². The summed E-state index contributed by atoms with van der Waals surface area (Å²) in [7, 11) is 0. The Balaban J connectivity index is 1.60. The fourth-order valence-corrected chi connectivity index (χ4v) is 4.41. The number of amides is 1. The molecular formula is C27H22ClFN4O2. The largest absolute Gasteiger partial charge is 0.325 e. The average Bonchev–Trinajstić information content (AvgIpc) is 3.12. The van der Waals surface area contributed by atoms with Crippen LogP contribution < -0.4 is 10.9 Å². The van der Waals surface area contributed by atoms with Gasteiger partial charge in [0.25, 0.3) is 5.56 Å². The highest BCUT2D eigenvalue weighted by Gasteiger charge is 2.19. The monoisotopic (exact) mass is 488 g/mol. The highest BCUT2D eigenvalue weighted by atomic mass is 35.5. The zero-order valence-electron chi connectivity index (χ0n) is 19.2. The van der Waals surface area contributed by atoms with Gasteiger partial charge in [-0.1, -0.05) is 47.5 Å². The van der Waals surface area contributed by atoms with Crippen LogP contribution in [-0.2, 0) is 17.9 Å². The lowest BCUT2D eigenvalue weighted by atomic mass is 10.1. The number of nitrogens with one attached hydrogen (secondary N) is 1. The maximum Gasteiger partial charge on any atom is 0.278 e. The van der Waals surface area contributed by atoms with E-state index >= 15 is 0 Å². The average molecular weight is 489 g/mol. The summed E-state index contributed by atoms with van der Waals surface area (Å²) >= 11 is 6.30. The molecule has 2 heterocycles. The van der Waals surface area contributed by atoms with E-state index in [1.54, 1.807) is 29.7 Å². The summed E-state index contributed by atoms with van der Waals surface area (Å²) in [6.07, 6.45) is 1.51. The van der Waals surface area contributed by atoms with Crippen molar-refractivity contribution in [2.24, 2.45) is 0 Å². The van der Waals surface area contributed by atoms with E-state index in [0.717, 1.165) is 22.0 Å². The Morgan fingerprint density at radius 3 is 2.66 bits per heavy atom. The van der Waals surface area contributed by atoms with E-state index in [1.165, 1.54) is 17.0 Å². The van der Waals surface area contributed by atoms with E-state index in [-0.39, 0.29) is 24.6 Å². The van der Waals surface area contributed by atoms with Gasteiger partial charge in [0.1, 0.15) is 23.4 Å². The van der Waals surface area contributed by atoms with Crippen LogP contribution in [0.15, 0.2) is 71.8 Å². The van der Waals surface area contributed by atoms with Gasteiger partial charge in [0.2, 0.25) is 5.91 Å². The molecule has 6 nitrogen and oxygen atoms in total. The number of aromatic nitrogens is 3. The molecule has 8 heteroatoms. The molecule has 3 aromatic carbocycles. The van der Waals surface area contributed by atoms with Gasteiger partial charge in [-0.2, -0.15) is 0 Å². The van der Waals surface area contributed by atoms with E-state index in [1.807, 2.05) is 43.3 Å². The predicted octanol–water partition coefficient (Wildman–Crippen LogP) is 5.45. The smallest absolute Gasteiger partial charge is 0.278 e. The Kier molecular flexibility index (Phi) is 5.86. The lowest BCUT2D eigenvalue weighted by Crippen LogP contribution is -2.25. The molecule has 0 fully saturated rings. The third kappa shape index (κ3) is 4.31. The molecule has 0 aliphatic rings. The van der Waals surface area contributed by atoms with Crippen LogP contribution in [-0.4, -0.2) is 20.0 Å². The first-order valence-corrected chi connectivity index (χ1v) is 11.5. The number of benzene rings is 3. The SMILES string of the molecule is Cc1ccc2c(c1)c1ncn(Cc3ccccc3Cl)c(=O)c1n2CC(=O)Nc1ccc(C)c(F)c1. The Hall–Kier alpha value is -3.97. The van der Waals surface area contributed by atoms with Crippen molar-refractivity contribution in [1.29, 1.82) is 0 Å². The molecule has 0 spiro atoms. The minimum atomic E-state index is -0.401. The van der Waals surface area contributed by atoms with Crippen molar-refractivity contribution in [1.82, 2.24) is 14.1 Å². The van der Waals surface area contributed by atoms with Crippen LogP contribution in [0.25, 0.3) is 21.9 Å². The van der Waals surface area contributed by atoms with Gasteiger partial charge >= 0.3 is 0 Å². The second kappa shape index (κ2) is 9.00. The summed E-state index contributed by atoms with van der Waals surface area (Å²) in [5, 5.41) is 4.07. The first kappa shape index (κ1) is 22.8. The molecule has 0 atom stereocenters. The summed E-state index contributed by atoms with van der Waals surface area (Å²) in [6.45, 7) is 3.73. The zero-order chi connectivity index (χ0) is 24.7. The van der Waals surface area contributed by atoms with Crippen LogP contribution in [0.1, 0.15) is 16.7 Å². The predicted molar refractivity (Wildman–Crippen MR) is 137 cm³/mol. The normalized spacial score (nSPS) is 11.3. The molecule has 0 radical (unpaired) electrons. The molecule has 0 bridgehead atoms. The zero-order valence-corrected chi connectivity index (χ0v) is 19.9. The van der Waals surface area contributed by atoms with Crippen molar-refractivity contribution in [2.75, 3.05) is 5.32 Å². The van der Waals surface area contributed by atoms with Gasteiger partial charge in [-0.25, -0.2) is 9.37 Å². The molecule has 1 amide bonds. The number of nitrogens with zero attached hydrogens (tertiary/aromatic N) is 3. The Morgan fingerprint density at radius 1 is 1.09 bits per heavy atom. The highest BCUT2D eigenvalue weighted by molar-refractivity contribution is 6.31. The molecule has 2 aromatic heterocycles. The van der Waals surface area contributed by atoms with Crippen molar-refractivity contribution in [2.45, 2.75) is 26.9 Å². The number of aryl methyl sites for hydroxylation is 2. The van der Waals surface area contributed by atoms with Crippen LogP contribution in [0.5, 0.6) is 0 Å². The summed E-state index contributed by atoms with van der Waals surface area (Å²) in [6, 6.07) is 17.6. The van der Waals surface area contributed by atoms with E-state index in [0.29, 0.717) is 27.3 Å². The van der Waals surface area contributed by atoms with Crippen LogP contribution in [0, 0.1) is 19.7 Å². The Labute approximate surface area is 205 Å². The van der Waals surface area contributed by atoms with E-state index in [4.69, 9.17) is 11.6 Å². The van der Waals surface area contributed by atoms with E-state index in [9.17, 15) is 14.0 Å². The second-order valence-electron chi connectivity index (χ2n) is 8.59. The van der Waals surface area contributed by atoms with Crippen LogP contribution in [0.3, 0.4) is 0 Å². The fourth-order valence-electron chi connectivity index (χ4n) is 4.22. The molecule has 35 heavy (non-hydrogen) atoms.